The van der Waals surface area contributed by atoms with E-state index in [0.29, 0.717) is 6.54 Å². The molecular formula is C6H8FNO. The van der Waals surface area contributed by atoms with Gasteiger partial charge in [0.25, 0.3) is 5.91 Å². The molecule has 1 heterocycles. The molecule has 0 aromatic heterocycles. The van der Waals surface area contributed by atoms with Gasteiger partial charge in [0.15, 0.2) is 6.17 Å². The van der Waals surface area contributed by atoms with E-state index < -0.39 is 12.1 Å². The molecule has 1 rings (SSSR count). The summed E-state index contributed by atoms with van der Waals surface area (Å²) in [5.74, 6) is -0.500. The summed E-state index contributed by atoms with van der Waals surface area (Å²) in [6.07, 6.45) is 2.29. The van der Waals surface area contributed by atoms with E-state index in [4.69, 9.17) is 0 Å². The zero-order chi connectivity index (χ0) is 6.69. The van der Waals surface area contributed by atoms with Gasteiger partial charge in [0, 0.05) is 13.0 Å². The van der Waals surface area contributed by atoms with Crippen molar-refractivity contribution in [1.29, 1.82) is 0 Å². The third-order valence-corrected chi connectivity index (χ3v) is 1.19. The fourth-order valence-corrected chi connectivity index (χ4v) is 0.676. The van der Waals surface area contributed by atoms with Crippen LogP contribution in [0.2, 0.25) is 0 Å². The molecule has 50 valence electrons. The first kappa shape index (κ1) is 6.26. The molecular weight excluding hydrogens is 121 g/mol. The maximum absolute atomic E-state index is 12.4. The summed E-state index contributed by atoms with van der Waals surface area (Å²) < 4.78 is 12.4. The normalized spacial score (nSPS) is 27.2. The van der Waals surface area contributed by atoms with Crippen molar-refractivity contribution in [1.82, 2.24) is 5.32 Å². The van der Waals surface area contributed by atoms with Gasteiger partial charge in [0.2, 0.25) is 0 Å². The summed E-state index contributed by atoms with van der Waals surface area (Å²) in [4.78, 5) is 10.5. The first-order valence-electron chi connectivity index (χ1n) is 2.87. The number of halogens is 1. The van der Waals surface area contributed by atoms with Gasteiger partial charge in [-0.1, -0.05) is 12.2 Å². The zero-order valence-electron chi connectivity index (χ0n) is 4.93. The molecule has 0 saturated heterocycles. The van der Waals surface area contributed by atoms with E-state index in [2.05, 4.69) is 5.32 Å². The third kappa shape index (κ3) is 1.52. The van der Waals surface area contributed by atoms with Gasteiger partial charge in [-0.15, -0.1) is 0 Å². The standard InChI is InChI=1S/C6H8FNO/c7-5-3-1-2-4-8-6(5)9/h1-2,5H,3-4H2,(H,8,9). The van der Waals surface area contributed by atoms with Gasteiger partial charge in [-0.3, -0.25) is 4.79 Å². The molecule has 0 aromatic carbocycles. The highest BCUT2D eigenvalue weighted by Gasteiger charge is 2.15. The molecule has 0 bridgehead atoms. The zero-order valence-corrected chi connectivity index (χ0v) is 4.93. The fourth-order valence-electron chi connectivity index (χ4n) is 0.676. The quantitative estimate of drug-likeness (QED) is 0.471. The minimum absolute atomic E-state index is 0.214. The molecule has 9 heavy (non-hydrogen) atoms. The van der Waals surface area contributed by atoms with Gasteiger partial charge in [0.05, 0.1) is 0 Å². The molecule has 3 heteroatoms. The number of rotatable bonds is 0. The molecule has 1 unspecified atom stereocenters. The number of carbonyl (C=O) groups is 1. The summed E-state index contributed by atoms with van der Waals surface area (Å²) >= 11 is 0. The summed E-state index contributed by atoms with van der Waals surface area (Å²) in [5, 5.41) is 2.39. The summed E-state index contributed by atoms with van der Waals surface area (Å²) in [7, 11) is 0. The summed E-state index contributed by atoms with van der Waals surface area (Å²) in [6, 6.07) is 0. The van der Waals surface area contributed by atoms with Gasteiger partial charge < -0.3 is 5.32 Å². The van der Waals surface area contributed by atoms with Crippen LogP contribution in [0.3, 0.4) is 0 Å². The highest BCUT2D eigenvalue weighted by Crippen LogP contribution is 2.01. The van der Waals surface area contributed by atoms with Crippen LogP contribution in [0.25, 0.3) is 0 Å². The van der Waals surface area contributed by atoms with Crippen molar-refractivity contribution in [3.8, 4) is 0 Å². The number of alkyl halides is 1. The minimum atomic E-state index is -1.34. The first-order valence-corrected chi connectivity index (χ1v) is 2.87. The Morgan fingerprint density at radius 3 is 3.22 bits per heavy atom. The van der Waals surface area contributed by atoms with Crippen LogP contribution in [-0.2, 0) is 4.79 Å². The monoisotopic (exact) mass is 129 g/mol. The largest absolute Gasteiger partial charge is 0.350 e. The minimum Gasteiger partial charge on any atom is -0.350 e. The van der Waals surface area contributed by atoms with E-state index >= 15 is 0 Å². The maximum Gasteiger partial charge on any atom is 0.255 e. The van der Waals surface area contributed by atoms with Crippen molar-refractivity contribution in [2.75, 3.05) is 6.54 Å². The molecule has 0 fully saturated rings. The molecule has 1 atom stereocenters. The predicted octanol–water partition coefficient (Wildman–Crippen LogP) is 0.401. The van der Waals surface area contributed by atoms with Crippen molar-refractivity contribution in [2.24, 2.45) is 0 Å². The second-order valence-corrected chi connectivity index (χ2v) is 1.92. The summed E-state index contributed by atoms with van der Waals surface area (Å²) in [5.41, 5.74) is 0. The number of amides is 1. The average molecular weight is 129 g/mol. The van der Waals surface area contributed by atoms with E-state index in [-0.39, 0.29) is 6.42 Å². The van der Waals surface area contributed by atoms with Crippen LogP contribution in [-0.4, -0.2) is 18.6 Å². The lowest BCUT2D eigenvalue weighted by Gasteiger charge is -2.00. The van der Waals surface area contributed by atoms with E-state index in [1.165, 1.54) is 0 Å². The topological polar surface area (TPSA) is 29.1 Å². The molecule has 1 amide bonds. The van der Waals surface area contributed by atoms with Crippen LogP contribution in [0.5, 0.6) is 0 Å². The fraction of sp³-hybridized carbons (Fsp3) is 0.500. The van der Waals surface area contributed by atoms with Crippen LogP contribution in [0, 0.1) is 0 Å². The molecule has 0 aliphatic carbocycles. The van der Waals surface area contributed by atoms with Gasteiger partial charge in [-0.25, -0.2) is 4.39 Å². The number of hydrogen-bond acceptors (Lipinski definition) is 1. The van der Waals surface area contributed by atoms with Gasteiger partial charge >= 0.3 is 0 Å². The number of nitrogens with one attached hydrogen (secondary N) is 1. The average Bonchev–Trinajstić information content (AvgIpc) is 1.99. The number of allylic oxidation sites excluding steroid dienone is 1. The molecule has 2 nitrogen and oxygen atoms in total. The molecule has 1 N–H and O–H groups in total. The second-order valence-electron chi connectivity index (χ2n) is 1.92. The van der Waals surface area contributed by atoms with Crippen molar-refractivity contribution in [3.05, 3.63) is 12.2 Å². The number of hydrogen-bond donors (Lipinski definition) is 1. The summed E-state index contributed by atoms with van der Waals surface area (Å²) in [6.45, 7) is 0.458. The van der Waals surface area contributed by atoms with E-state index in [1.807, 2.05) is 0 Å². The van der Waals surface area contributed by atoms with Crippen LogP contribution >= 0.6 is 0 Å². The van der Waals surface area contributed by atoms with Crippen molar-refractivity contribution < 1.29 is 9.18 Å². The highest BCUT2D eigenvalue weighted by atomic mass is 19.1. The molecule has 0 radical (unpaired) electrons. The highest BCUT2D eigenvalue weighted by molar-refractivity contribution is 5.81. The van der Waals surface area contributed by atoms with E-state index in [1.54, 1.807) is 12.2 Å². The smallest absolute Gasteiger partial charge is 0.255 e. The number of carbonyl (C=O) groups excluding carboxylic acids is 1. The molecule has 1 aliphatic heterocycles. The van der Waals surface area contributed by atoms with Gasteiger partial charge in [-0.2, -0.15) is 0 Å². The Kier molecular flexibility index (Phi) is 1.82. The van der Waals surface area contributed by atoms with Crippen LogP contribution in [0.15, 0.2) is 12.2 Å². The molecule has 0 spiro atoms. The van der Waals surface area contributed by atoms with Crippen molar-refractivity contribution in [2.45, 2.75) is 12.6 Å². The van der Waals surface area contributed by atoms with Crippen LogP contribution in [0.1, 0.15) is 6.42 Å². The van der Waals surface area contributed by atoms with Crippen molar-refractivity contribution >= 4 is 5.91 Å². The van der Waals surface area contributed by atoms with E-state index in [0.717, 1.165) is 0 Å². The molecule has 0 aromatic rings. The second kappa shape index (κ2) is 2.62. The molecule has 1 aliphatic rings. The SMILES string of the molecule is O=C1NCC=CCC1F. The lowest BCUT2D eigenvalue weighted by molar-refractivity contribution is -0.125. The Bertz CT molecular complexity index is 144. The lowest BCUT2D eigenvalue weighted by atomic mass is 10.3. The van der Waals surface area contributed by atoms with Crippen LogP contribution < -0.4 is 5.32 Å². The Morgan fingerprint density at radius 1 is 1.67 bits per heavy atom. The lowest BCUT2D eigenvalue weighted by Crippen LogP contribution is -2.29. The third-order valence-electron chi connectivity index (χ3n) is 1.19. The predicted molar refractivity (Wildman–Crippen MR) is 31.7 cm³/mol. The Balaban J connectivity index is 2.52. The first-order chi connectivity index (χ1) is 4.30. The maximum atomic E-state index is 12.4. The Hall–Kier alpha value is -0.860. The van der Waals surface area contributed by atoms with Crippen LogP contribution in [0.4, 0.5) is 4.39 Å². The Labute approximate surface area is 52.7 Å². The van der Waals surface area contributed by atoms with Crippen molar-refractivity contribution in [3.63, 3.8) is 0 Å². The van der Waals surface area contributed by atoms with E-state index in [9.17, 15) is 9.18 Å². The molecule has 0 saturated carbocycles. The van der Waals surface area contributed by atoms with Gasteiger partial charge in [-0.05, 0) is 0 Å². The van der Waals surface area contributed by atoms with Gasteiger partial charge in [0.1, 0.15) is 0 Å². The Morgan fingerprint density at radius 2 is 2.44 bits per heavy atom.